The first-order valence-electron chi connectivity index (χ1n) is 14.7. The SMILES string of the molecule is CN(CCC[N+](C)(C)Cc1ccccc1)c1cc(C=C2Sc3ccccc3N2C)c2ccccc2[n+]1-c1ccccc1. The standard InChI is InChI=1S/C37H40N4S/c1-38(24-15-25-41(3,4)28-29-16-7-5-8-17-29)36-26-30(27-37-39(2)34-22-13-14-23-35(34)42-37)32-20-11-12-21-33(32)40(36)31-18-9-6-10-19-31/h5-14,16-23,26-27H,15,24-25,28H2,1-4H3/q+2. The first-order valence-corrected chi connectivity index (χ1v) is 15.5. The van der Waals surface area contributed by atoms with E-state index in [1.165, 1.54) is 49.1 Å². The third-order valence-corrected chi connectivity index (χ3v) is 9.30. The van der Waals surface area contributed by atoms with Crippen LogP contribution < -0.4 is 14.4 Å². The Morgan fingerprint density at radius 1 is 0.833 bits per heavy atom. The molecule has 0 radical (unpaired) electrons. The highest BCUT2D eigenvalue weighted by Crippen LogP contribution is 2.45. The van der Waals surface area contributed by atoms with Gasteiger partial charge in [0.1, 0.15) is 17.7 Å². The summed E-state index contributed by atoms with van der Waals surface area (Å²) < 4.78 is 3.39. The van der Waals surface area contributed by atoms with E-state index < -0.39 is 0 Å². The Kier molecular flexibility index (Phi) is 8.05. The molecular formula is C37H40N4S+2. The minimum absolute atomic E-state index is 0.968. The molecule has 0 bridgehead atoms. The smallest absolute Gasteiger partial charge is 0.282 e. The fraction of sp³-hybridized carbons (Fsp3) is 0.216. The number of rotatable bonds is 9. The molecule has 6 rings (SSSR count). The number of fused-ring (bicyclic) bond motifs is 2. The predicted molar refractivity (Wildman–Crippen MR) is 179 cm³/mol. The first kappa shape index (κ1) is 28.1. The maximum Gasteiger partial charge on any atom is 0.282 e. The van der Waals surface area contributed by atoms with Crippen LogP contribution in [0.25, 0.3) is 22.7 Å². The molecule has 1 aromatic heterocycles. The van der Waals surface area contributed by atoms with Crippen molar-refractivity contribution >= 4 is 40.2 Å². The molecule has 0 atom stereocenters. The second-order valence-corrected chi connectivity index (χ2v) is 12.9. The summed E-state index contributed by atoms with van der Waals surface area (Å²) in [6, 6.07) is 41.4. The molecule has 0 spiro atoms. The number of pyridine rings is 1. The summed E-state index contributed by atoms with van der Waals surface area (Å²) in [4.78, 5) is 6.05. The van der Waals surface area contributed by atoms with Crippen molar-refractivity contribution in [1.29, 1.82) is 0 Å². The van der Waals surface area contributed by atoms with Crippen LogP contribution >= 0.6 is 11.8 Å². The van der Waals surface area contributed by atoms with Crippen LogP contribution in [0.1, 0.15) is 17.5 Å². The first-order chi connectivity index (χ1) is 20.4. The van der Waals surface area contributed by atoms with Gasteiger partial charge in [-0.2, -0.15) is 4.57 Å². The van der Waals surface area contributed by atoms with Crippen molar-refractivity contribution in [1.82, 2.24) is 0 Å². The van der Waals surface area contributed by atoms with Crippen molar-refractivity contribution in [2.24, 2.45) is 0 Å². The molecule has 212 valence electrons. The lowest BCUT2D eigenvalue weighted by Gasteiger charge is -2.30. The summed E-state index contributed by atoms with van der Waals surface area (Å²) in [7, 11) is 9.09. The van der Waals surface area contributed by atoms with E-state index in [2.05, 4.69) is 164 Å². The molecule has 1 aliphatic heterocycles. The molecule has 0 saturated carbocycles. The van der Waals surface area contributed by atoms with Crippen molar-refractivity contribution in [2.45, 2.75) is 17.9 Å². The van der Waals surface area contributed by atoms with Crippen LogP contribution in [0, 0.1) is 0 Å². The number of nitrogens with zero attached hydrogens (tertiary/aromatic N) is 4. The summed E-state index contributed by atoms with van der Waals surface area (Å²) in [5.74, 6) is 1.20. The van der Waals surface area contributed by atoms with Crippen LogP contribution in [0.2, 0.25) is 0 Å². The fourth-order valence-electron chi connectivity index (χ4n) is 5.95. The number of thioether (sulfide) groups is 1. The highest BCUT2D eigenvalue weighted by molar-refractivity contribution is 8.03. The Morgan fingerprint density at radius 3 is 2.26 bits per heavy atom. The van der Waals surface area contributed by atoms with Gasteiger partial charge in [0.2, 0.25) is 0 Å². The zero-order valence-electron chi connectivity index (χ0n) is 25.1. The molecule has 2 heterocycles. The van der Waals surface area contributed by atoms with Gasteiger partial charge in [-0.25, -0.2) is 0 Å². The second-order valence-electron chi connectivity index (χ2n) is 11.8. The van der Waals surface area contributed by atoms with Gasteiger partial charge in [0.15, 0.2) is 0 Å². The topological polar surface area (TPSA) is 10.4 Å². The van der Waals surface area contributed by atoms with Crippen LogP contribution in [0.3, 0.4) is 0 Å². The highest BCUT2D eigenvalue weighted by Gasteiger charge is 2.26. The van der Waals surface area contributed by atoms with E-state index in [9.17, 15) is 0 Å². The van der Waals surface area contributed by atoms with Crippen LogP contribution in [-0.2, 0) is 6.54 Å². The highest BCUT2D eigenvalue weighted by atomic mass is 32.2. The van der Waals surface area contributed by atoms with Gasteiger partial charge in [-0.15, -0.1) is 0 Å². The van der Waals surface area contributed by atoms with Crippen molar-refractivity contribution < 1.29 is 9.05 Å². The Hall–Kier alpha value is -4.06. The van der Waals surface area contributed by atoms with E-state index in [0.717, 1.165) is 30.5 Å². The summed E-state index contributed by atoms with van der Waals surface area (Å²) in [6.45, 7) is 3.11. The average molecular weight is 573 g/mol. The number of hydrogen-bond donors (Lipinski definition) is 0. The van der Waals surface area contributed by atoms with E-state index >= 15 is 0 Å². The minimum Gasteiger partial charge on any atom is -0.338 e. The van der Waals surface area contributed by atoms with Gasteiger partial charge in [-0.1, -0.05) is 90.6 Å². The molecule has 5 aromatic rings. The van der Waals surface area contributed by atoms with E-state index in [1.54, 1.807) is 0 Å². The normalized spacial score (nSPS) is 14.0. The van der Waals surface area contributed by atoms with E-state index in [1.807, 2.05) is 11.8 Å². The van der Waals surface area contributed by atoms with Gasteiger partial charge in [0.05, 0.1) is 44.9 Å². The third-order valence-electron chi connectivity index (χ3n) is 8.14. The maximum absolute atomic E-state index is 2.43. The third kappa shape index (κ3) is 5.94. The van der Waals surface area contributed by atoms with Crippen LogP contribution in [0.15, 0.2) is 125 Å². The van der Waals surface area contributed by atoms with Gasteiger partial charge >= 0.3 is 0 Å². The zero-order chi connectivity index (χ0) is 29.1. The Labute approximate surface area is 254 Å². The van der Waals surface area contributed by atoms with Crippen molar-refractivity contribution in [3.05, 3.63) is 131 Å². The number of aromatic nitrogens is 1. The number of quaternary nitrogens is 1. The lowest BCUT2D eigenvalue weighted by atomic mass is 10.1. The van der Waals surface area contributed by atoms with Gasteiger partial charge in [0.25, 0.3) is 5.82 Å². The number of benzene rings is 4. The minimum atomic E-state index is 0.968. The summed E-state index contributed by atoms with van der Waals surface area (Å²) in [5, 5.41) is 2.49. The monoisotopic (exact) mass is 572 g/mol. The van der Waals surface area contributed by atoms with E-state index in [4.69, 9.17) is 0 Å². The lowest BCUT2D eigenvalue weighted by molar-refractivity contribution is -0.903. The van der Waals surface area contributed by atoms with Crippen molar-refractivity contribution in [3.8, 4) is 5.69 Å². The Balaban J connectivity index is 1.35. The van der Waals surface area contributed by atoms with Gasteiger partial charge in [-0.3, -0.25) is 4.90 Å². The van der Waals surface area contributed by atoms with Gasteiger partial charge in [-0.05, 0) is 42.0 Å². The average Bonchev–Trinajstić information content (AvgIpc) is 3.32. The number of hydrogen-bond acceptors (Lipinski definition) is 3. The lowest BCUT2D eigenvalue weighted by Crippen LogP contribution is -2.43. The molecule has 0 saturated heterocycles. The number of anilines is 2. The van der Waals surface area contributed by atoms with Crippen molar-refractivity contribution in [2.75, 3.05) is 51.1 Å². The summed E-state index contributed by atoms with van der Waals surface area (Å²) in [5.41, 5.74) is 6.28. The molecule has 1 aliphatic rings. The molecule has 0 aliphatic carbocycles. The van der Waals surface area contributed by atoms with Gasteiger partial charge in [0, 0.05) is 35.4 Å². The van der Waals surface area contributed by atoms with Crippen LogP contribution in [0.4, 0.5) is 11.5 Å². The quantitative estimate of drug-likeness (QED) is 0.132. The molecule has 5 heteroatoms. The van der Waals surface area contributed by atoms with Crippen molar-refractivity contribution in [3.63, 3.8) is 0 Å². The molecule has 4 nitrogen and oxygen atoms in total. The van der Waals surface area contributed by atoms with Crippen LogP contribution in [0.5, 0.6) is 0 Å². The van der Waals surface area contributed by atoms with Crippen LogP contribution in [-0.4, -0.2) is 45.8 Å². The molecular weight excluding hydrogens is 533 g/mol. The van der Waals surface area contributed by atoms with Gasteiger partial charge < -0.3 is 9.38 Å². The summed E-state index contributed by atoms with van der Waals surface area (Å²) >= 11 is 1.84. The maximum atomic E-state index is 2.43. The van der Waals surface area contributed by atoms with E-state index in [-0.39, 0.29) is 0 Å². The largest absolute Gasteiger partial charge is 0.338 e. The Bertz CT molecular complexity index is 1710. The predicted octanol–water partition coefficient (Wildman–Crippen LogP) is 7.76. The van der Waals surface area contributed by atoms with E-state index in [0.29, 0.717) is 0 Å². The molecule has 0 unspecified atom stereocenters. The molecule has 4 aromatic carbocycles. The molecule has 0 amide bonds. The molecule has 0 fully saturated rings. The number of para-hydroxylation sites is 3. The fourth-order valence-corrected chi connectivity index (χ4v) is 7.06. The summed E-state index contributed by atoms with van der Waals surface area (Å²) in [6.07, 6.45) is 3.46. The Morgan fingerprint density at radius 2 is 1.50 bits per heavy atom. The second kappa shape index (κ2) is 12.0. The zero-order valence-corrected chi connectivity index (χ0v) is 25.9. The molecule has 0 N–H and O–H groups in total. The molecule has 42 heavy (non-hydrogen) atoms.